The van der Waals surface area contributed by atoms with E-state index in [1.807, 2.05) is 48.5 Å². The van der Waals surface area contributed by atoms with Gasteiger partial charge in [0.25, 0.3) is 0 Å². The highest BCUT2D eigenvalue weighted by Crippen LogP contribution is 2.46. The van der Waals surface area contributed by atoms with Crippen LogP contribution in [0.2, 0.25) is 0 Å². The maximum absolute atomic E-state index is 7.16. The number of hydrogen-bond donors (Lipinski definition) is 0. The zero-order valence-electron chi connectivity index (χ0n) is 33.8. The van der Waals surface area contributed by atoms with Gasteiger partial charge >= 0.3 is 0 Å². The van der Waals surface area contributed by atoms with Crippen LogP contribution in [-0.2, 0) is 0 Å². The smallest absolute Gasteiger partial charge is 0.110 e. The third kappa shape index (κ3) is 5.70. The molecule has 10 rings (SSSR count). The molecule has 0 nitrogen and oxygen atoms in total. The normalized spacial score (nSPS) is 11.8. The third-order valence-electron chi connectivity index (χ3n) is 12.8. The second-order valence-electron chi connectivity index (χ2n) is 16.0. The second-order valence-corrected chi connectivity index (χ2v) is 16.0. The van der Waals surface area contributed by atoms with Gasteiger partial charge < -0.3 is 0 Å². The molecule has 0 aliphatic heterocycles. The van der Waals surface area contributed by atoms with Crippen molar-refractivity contribution in [2.75, 3.05) is 0 Å². The highest BCUT2D eigenvalue weighted by molar-refractivity contribution is 6.75. The zero-order valence-corrected chi connectivity index (χ0v) is 33.8. The summed E-state index contributed by atoms with van der Waals surface area (Å²) >= 11 is 0. The van der Waals surface area contributed by atoms with Gasteiger partial charge in [0.05, 0.1) is 0 Å². The molecule has 0 N–H and O–H groups in total. The molecule has 30 radical (unpaired) electrons. The number of benzene rings is 10. The molecule has 0 saturated heterocycles. The van der Waals surface area contributed by atoms with Gasteiger partial charge in [-0.25, -0.2) is 0 Å². The van der Waals surface area contributed by atoms with E-state index in [0.717, 1.165) is 43.4 Å². The molecular formula is C48H15B15. The van der Waals surface area contributed by atoms with Gasteiger partial charge in [-0.3, -0.25) is 0 Å². The molecule has 0 aromatic heterocycles. The minimum absolute atomic E-state index is 0.000417. The summed E-state index contributed by atoms with van der Waals surface area (Å²) in [5.41, 5.74) is 3.85. The second kappa shape index (κ2) is 14.9. The van der Waals surface area contributed by atoms with E-state index in [1.165, 1.54) is 0 Å². The molecule has 10 aromatic carbocycles. The van der Waals surface area contributed by atoms with E-state index in [4.69, 9.17) is 118 Å². The topological polar surface area (TPSA) is 0 Å². The van der Waals surface area contributed by atoms with Crippen LogP contribution in [0.4, 0.5) is 0 Å². The fraction of sp³-hybridized carbons (Fsp3) is 0. The summed E-state index contributed by atoms with van der Waals surface area (Å²) < 4.78 is 0. The van der Waals surface area contributed by atoms with Crippen LogP contribution in [0.3, 0.4) is 0 Å². The lowest BCUT2D eigenvalue weighted by atomic mass is 9.56. The Morgan fingerprint density at radius 1 is 0.206 bits per heavy atom. The van der Waals surface area contributed by atoms with E-state index < -0.39 is 0 Å². The van der Waals surface area contributed by atoms with Crippen LogP contribution < -0.4 is 81.9 Å². The molecule has 15 heteroatoms. The highest BCUT2D eigenvalue weighted by atomic mass is 14.3. The van der Waals surface area contributed by atoms with Gasteiger partial charge in [0.15, 0.2) is 0 Å². The standard InChI is InChI=1S/C48H15B15/c49-34-27-25(23-14-13-22(19-10-4-5-11-20(19)23)24-15-16-7-1-2-8-17(16)18-9-3-6-12-21(18)24)28-30(38(53)46(61)44(59)35(28)50)26(29(27)37(52)45(60)43(34)58)31-32-33(40(55)42(57)36(31)51)41(56)48(63)47(62)39(32)54/h1-15H. The van der Waals surface area contributed by atoms with Gasteiger partial charge in [0.1, 0.15) is 118 Å². The van der Waals surface area contributed by atoms with Gasteiger partial charge in [-0.2, -0.15) is 0 Å². The van der Waals surface area contributed by atoms with Crippen LogP contribution in [-0.4, -0.2) is 118 Å². The van der Waals surface area contributed by atoms with Crippen molar-refractivity contribution in [3.05, 3.63) is 91.0 Å². The number of fused-ring (bicyclic) bond motifs is 7. The Labute approximate surface area is 386 Å². The summed E-state index contributed by atoms with van der Waals surface area (Å²) in [6.45, 7) is 0. The Bertz CT molecular complexity index is 3660. The first-order valence-corrected chi connectivity index (χ1v) is 19.8. The Hall–Kier alpha value is -5.27. The van der Waals surface area contributed by atoms with Gasteiger partial charge in [-0.15, -0.1) is 38.2 Å². The maximum atomic E-state index is 7.16. The zero-order chi connectivity index (χ0) is 44.7. The minimum atomic E-state index is -0.0362. The molecular weight excluding hydrogens is 739 g/mol. The van der Waals surface area contributed by atoms with Crippen LogP contribution in [0, 0.1) is 0 Å². The predicted molar refractivity (Wildman–Crippen MR) is 289 cm³/mol. The molecule has 252 valence electrons. The molecule has 0 heterocycles. The Morgan fingerprint density at radius 2 is 0.524 bits per heavy atom. The van der Waals surface area contributed by atoms with Crippen molar-refractivity contribution in [2.24, 2.45) is 0 Å². The van der Waals surface area contributed by atoms with E-state index in [1.54, 1.807) is 0 Å². The van der Waals surface area contributed by atoms with Crippen LogP contribution in [0.15, 0.2) is 91.0 Å². The molecule has 0 aliphatic rings. The lowest BCUT2D eigenvalue weighted by Crippen LogP contribution is -2.53. The Balaban J connectivity index is 1.47. The van der Waals surface area contributed by atoms with Crippen molar-refractivity contribution in [1.82, 2.24) is 0 Å². The van der Waals surface area contributed by atoms with E-state index in [-0.39, 0.29) is 115 Å². The summed E-state index contributed by atoms with van der Waals surface area (Å²) in [5, 5.41) is 7.86. The molecule has 0 aliphatic carbocycles. The summed E-state index contributed by atoms with van der Waals surface area (Å²) in [7, 11) is 102. The average molecular weight is 754 g/mol. The van der Waals surface area contributed by atoms with Gasteiger partial charge in [-0.1, -0.05) is 129 Å². The minimum Gasteiger partial charge on any atom is -0.110 e. The lowest BCUT2D eigenvalue weighted by molar-refractivity contribution is 1.69. The first-order valence-electron chi connectivity index (χ1n) is 19.8. The largest absolute Gasteiger partial charge is 0.113 e. The van der Waals surface area contributed by atoms with Gasteiger partial charge in [0.2, 0.25) is 0 Å². The van der Waals surface area contributed by atoms with Gasteiger partial charge in [0, 0.05) is 0 Å². The van der Waals surface area contributed by atoms with Crippen LogP contribution in [0.25, 0.3) is 98.0 Å². The maximum Gasteiger partial charge on any atom is 0.113 e. The summed E-state index contributed by atoms with van der Waals surface area (Å²) in [4.78, 5) is 0. The fourth-order valence-corrected chi connectivity index (χ4v) is 9.67. The van der Waals surface area contributed by atoms with E-state index >= 15 is 0 Å². The van der Waals surface area contributed by atoms with Crippen LogP contribution >= 0.6 is 0 Å². The molecule has 0 amide bonds. The molecule has 0 spiro atoms. The fourth-order valence-electron chi connectivity index (χ4n) is 9.67. The van der Waals surface area contributed by atoms with Crippen molar-refractivity contribution >= 4 is 264 Å². The highest BCUT2D eigenvalue weighted by Gasteiger charge is 2.29. The van der Waals surface area contributed by atoms with Crippen molar-refractivity contribution in [3.8, 4) is 33.4 Å². The van der Waals surface area contributed by atoms with Crippen LogP contribution in [0.1, 0.15) is 0 Å². The molecule has 0 fully saturated rings. The van der Waals surface area contributed by atoms with E-state index in [9.17, 15) is 0 Å². The molecule has 63 heavy (non-hydrogen) atoms. The molecule has 10 aromatic rings. The summed E-state index contributed by atoms with van der Waals surface area (Å²) in [6.07, 6.45) is 0. The summed E-state index contributed by atoms with van der Waals surface area (Å²) in [6, 6.07) is 31.0. The van der Waals surface area contributed by atoms with E-state index in [0.29, 0.717) is 21.9 Å². The lowest BCUT2D eigenvalue weighted by Gasteiger charge is -2.32. The van der Waals surface area contributed by atoms with Crippen molar-refractivity contribution in [1.29, 1.82) is 0 Å². The van der Waals surface area contributed by atoms with Crippen molar-refractivity contribution in [3.63, 3.8) is 0 Å². The number of hydrogen-bond acceptors (Lipinski definition) is 0. The molecule has 0 bridgehead atoms. The SMILES string of the molecule is [B]c1c([B])c([B])c2c(-c3c4c([B])c([B])c([B])c([B])c4c(-c4ccc(-c5cc6ccccc6c6ccccc56)c5ccccc45)c4c([B])c([B])c([B])c([B])c34)c([B])c([B])c([B])c2c1[B]. The third-order valence-corrected chi connectivity index (χ3v) is 12.8. The average Bonchev–Trinajstić information content (AvgIpc) is 3.30. The quantitative estimate of drug-likeness (QED) is 0.0972. The van der Waals surface area contributed by atoms with Gasteiger partial charge in [-0.05, 0) is 104 Å². The van der Waals surface area contributed by atoms with E-state index in [2.05, 4.69) is 42.5 Å². The summed E-state index contributed by atoms with van der Waals surface area (Å²) in [5.74, 6) is 0. The molecule has 0 atom stereocenters. The van der Waals surface area contributed by atoms with Crippen LogP contribution in [0.5, 0.6) is 0 Å². The molecule has 0 unspecified atom stereocenters. The Kier molecular flexibility index (Phi) is 9.87. The van der Waals surface area contributed by atoms with Crippen molar-refractivity contribution in [2.45, 2.75) is 0 Å². The first-order chi connectivity index (χ1) is 30.1. The number of rotatable bonds is 3. The Morgan fingerprint density at radius 3 is 1.00 bits per heavy atom. The van der Waals surface area contributed by atoms with Crippen molar-refractivity contribution < 1.29 is 0 Å². The molecule has 0 saturated carbocycles. The monoisotopic (exact) mass is 756 g/mol. The first kappa shape index (κ1) is 41.7. The predicted octanol–water partition coefficient (Wildman–Crippen LogP) is -4.49.